The minimum absolute atomic E-state index is 0. The zero-order valence-corrected chi connectivity index (χ0v) is 10.2. The smallest absolute Gasteiger partial charge is 0.0423 e. The van der Waals surface area contributed by atoms with Crippen LogP contribution in [0.15, 0.2) is 12.4 Å². The molecule has 0 unspecified atom stereocenters. The van der Waals surface area contributed by atoms with Crippen LogP contribution in [0.2, 0.25) is 0 Å². The second kappa shape index (κ2) is 4.37. The summed E-state index contributed by atoms with van der Waals surface area (Å²) in [6.45, 7) is 7.52. The molecule has 1 radical (unpaired) electrons. The molecule has 0 aliphatic heterocycles. The number of nitrogens with zero attached hydrogens (tertiary/aromatic N) is 2. The van der Waals surface area contributed by atoms with Crippen molar-refractivity contribution < 1.29 is 32.7 Å². The van der Waals surface area contributed by atoms with Gasteiger partial charge in [-0.15, -0.1) is 6.20 Å². The molecule has 0 aliphatic rings. The summed E-state index contributed by atoms with van der Waals surface area (Å²) >= 11 is 0. The molecule has 1 aromatic heterocycles. The van der Waals surface area contributed by atoms with Crippen LogP contribution in [0.4, 0.5) is 0 Å². The summed E-state index contributed by atoms with van der Waals surface area (Å²) in [7, 11) is 0. The molecule has 59 valence electrons. The molecule has 11 heavy (non-hydrogen) atoms. The topological polar surface area (TPSA) is 17.8 Å². The van der Waals surface area contributed by atoms with E-state index < -0.39 is 0 Å². The standard InChI is InChI=1S/C8H13N2.Y/c1-8(2,3)7-10-6-4-5-9-10;/h5-6H,7H2,1-3H3;/q-1;. The second-order valence-corrected chi connectivity index (χ2v) is 3.70. The average Bonchev–Trinajstić information content (AvgIpc) is 2.12. The predicted octanol–water partition coefficient (Wildman–Crippen LogP) is 1.73. The Bertz CT molecular complexity index is 186. The molecule has 0 spiro atoms. The van der Waals surface area contributed by atoms with E-state index in [1.165, 1.54) is 0 Å². The van der Waals surface area contributed by atoms with Crippen LogP contribution >= 0.6 is 0 Å². The quantitative estimate of drug-likeness (QED) is 0.667. The number of rotatable bonds is 1. The normalized spacial score (nSPS) is 10.8. The molecule has 0 amide bonds. The third-order valence-electron chi connectivity index (χ3n) is 1.14. The molecule has 1 aromatic rings. The van der Waals surface area contributed by atoms with Crippen LogP contribution in [0.1, 0.15) is 20.8 Å². The fraction of sp³-hybridized carbons (Fsp3) is 0.625. The van der Waals surface area contributed by atoms with Crippen LogP contribution in [0, 0.1) is 11.5 Å². The molecule has 0 N–H and O–H groups in total. The van der Waals surface area contributed by atoms with Gasteiger partial charge in [-0.25, -0.2) is 5.10 Å². The summed E-state index contributed by atoms with van der Waals surface area (Å²) in [4.78, 5) is 0. The van der Waals surface area contributed by atoms with E-state index in [4.69, 9.17) is 0 Å². The Balaban J connectivity index is 0.000001000. The van der Waals surface area contributed by atoms with Crippen molar-refractivity contribution in [3.8, 4) is 0 Å². The zero-order valence-electron chi connectivity index (χ0n) is 7.33. The maximum Gasteiger partial charge on any atom is 0.0423 e. The fourth-order valence-electron chi connectivity index (χ4n) is 0.833. The molecule has 0 saturated heterocycles. The third-order valence-corrected chi connectivity index (χ3v) is 1.14. The molecule has 0 saturated carbocycles. The van der Waals surface area contributed by atoms with Gasteiger partial charge in [0.1, 0.15) is 0 Å². The van der Waals surface area contributed by atoms with E-state index in [2.05, 4.69) is 31.9 Å². The van der Waals surface area contributed by atoms with Gasteiger partial charge in [0.15, 0.2) is 0 Å². The molecule has 0 aromatic carbocycles. The van der Waals surface area contributed by atoms with Crippen molar-refractivity contribution in [3.05, 3.63) is 18.5 Å². The van der Waals surface area contributed by atoms with Gasteiger partial charge in [0.2, 0.25) is 0 Å². The Hall–Kier alpha value is 0.314. The molecule has 0 bridgehead atoms. The van der Waals surface area contributed by atoms with Gasteiger partial charge in [0.05, 0.1) is 0 Å². The van der Waals surface area contributed by atoms with Crippen molar-refractivity contribution in [2.75, 3.05) is 0 Å². The van der Waals surface area contributed by atoms with E-state index in [9.17, 15) is 0 Å². The first-order valence-corrected chi connectivity index (χ1v) is 3.46. The summed E-state index contributed by atoms with van der Waals surface area (Å²) in [5.41, 5.74) is 0.305. The van der Waals surface area contributed by atoms with Gasteiger partial charge in [0, 0.05) is 39.3 Å². The molecule has 1 rings (SSSR count). The van der Waals surface area contributed by atoms with Crippen LogP contribution in [0.3, 0.4) is 0 Å². The predicted molar refractivity (Wildman–Crippen MR) is 40.5 cm³/mol. The first kappa shape index (κ1) is 11.3. The summed E-state index contributed by atoms with van der Waals surface area (Å²) in [6, 6.07) is 2.90. The molecule has 1 heterocycles. The Morgan fingerprint density at radius 1 is 1.45 bits per heavy atom. The maximum atomic E-state index is 4.06. The van der Waals surface area contributed by atoms with Gasteiger partial charge >= 0.3 is 0 Å². The molecular formula is C8H13N2Y-. The SMILES string of the molecule is CC(C)(C)Cn1c[c-]cn1.[Y]. The Morgan fingerprint density at radius 3 is 2.45 bits per heavy atom. The van der Waals surface area contributed by atoms with Gasteiger partial charge < -0.3 is 10.7 Å². The Labute approximate surface area is 93.2 Å². The van der Waals surface area contributed by atoms with Crippen molar-refractivity contribution in [3.63, 3.8) is 0 Å². The van der Waals surface area contributed by atoms with Crippen LogP contribution in [0.25, 0.3) is 0 Å². The molecule has 0 fully saturated rings. The van der Waals surface area contributed by atoms with Gasteiger partial charge in [-0.3, -0.25) is 0 Å². The molecule has 0 atom stereocenters. The Morgan fingerprint density at radius 2 is 2.09 bits per heavy atom. The maximum absolute atomic E-state index is 4.06. The van der Waals surface area contributed by atoms with E-state index in [0.717, 1.165) is 6.54 Å². The van der Waals surface area contributed by atoms with Gasteiger partial charge in [-0.1, -0.05) is 20.8 Å². The van der Waals surface area contributed by atoms with E-state index in [0.29, 0.717) is 5.41 Å². The van der Waals surface area contributed by atoms with Crippen molar-refractivity contribution >= 4 is 0 Å². The van der Waals surface area contributed by atoms with Crippen LogP contribution in [-0.2, 0) is 39.3 Å². The van der Waals surface area contributed by atoms with Crippen molar-refractivity contribution in [2.24, 2.45) is 5.41 Å². The zero-order chi connectivity index (χ0) is 7.61. The molecule has 3 heteroatoms. The summed E-state index contributed by atoms with van der Waals surface area (Å²) in [6.07, 6.45) is 3.55. The summed E-state index contributed by atoms with van der Waals surface area (Å²) in [5.74, 6) is 0. The first-order valence-electron chi connectivity index (χ1n) is 3.46. The molecular weight excluding hydrogens is 213 g/mol. The van der Waals surface area contributed by atoms with Crippen molar-refractivity contribution in [1.29, 1.82) is 0 Å². The van der Waals surface area contributed by atoms with Crippen molar-refractivity contribution in [2.45, 2.75) is 27.3 Å². The van der Waals surface area contributed by atoms with E-state index in [-0.39, 0.29) is 32.7 Å². The molecule has 0 aliphatic carbocycles. The largest absolute Gasteiger partial charge is 0.432 e. The van der Waals surface area contributed by atoms with Crippen molar-refractivity contribution in [1.82, 2.24) is 9.78 Å². The van der Waals surface area contributed by atoms with Gasteiger partial charge in [0.25, 0.3) is 0 Å². The van der Waals surface area contributed by atoms with E-state index in [1.54, 1.807) is 6.20 Å². The summed E-state index contributed by atoms with van der Waals surface area (Å²) in [5, 5.41) is 4.06. The average molecular weight is 226 g/mol. The van der Waals surface area contributed by atoms with Gasteiger partial charge in [-0.05, 0) is 5.41 Å². The monoisotopic (exact) mass is 226 g/mol. The van der Waals surface area contributed by atoms with Crippen LogP contribution < -0.4 is 0 Å². The Kier molecular flexibility index (Phi) is 4.49. The van der Waals surface area contributed by atoms with Crippen LogP contribution in [0.5, 0.6) is 0 Å². The van der Waals surface area contributed by atoms with Crippen LogP contribution in [-0.4, -0.2) is 9.78 Å². The number of hydrogen-bond donors (Lipinski definition) is 0. The number of aromatic nitrogens is 2. The third kappa shape index (κ3) is 4.70. The second-order valence-electron chi connectivity index (χ2n) is 3.70. The number of hydrogen-bond acceptors (Lipinski definition) is 1. The first-order chi connectivity index (χ1) is 4.58. The summed E-state index contributed by atoms with van der Waals surface area (Å²) < 4.78 is 1.90. The van der Waals surface area contributed by atoms with Gasteiger partial charge in [-0.2, -0.15) is 6.20 Å². The van der Waals surface area contributed by atoms with E-state index in [1.807, 2.05) is 10.9 Å². The minimum Gasteiger partial charge on any atom is -0.432 e. The minimum atomic E-state index is 0. The van der Waals surface area contributed by atoms with E-state index >= 15 is 0 Å². The molecule has 2 nitrogen and oxygen atoms in total. The fourth-order valence-corrected chi connectivity index (χ4v) is 0.833.